The molecule has 0 aromatic carbocycles. The Labute approximate surface area is 80.0 Å². The van der Waals surface area contributed by atoms with Crippen molar-refractivity contribution in [1.29, 1.82) is 0 Å². The molecule has 70 valence electrons. The van der Waals surface area contributed by atoms with Gasteiger partial charge in [-0.25, -0.2) is 0 Å². The van der Waals surface area contributed by atoms with Gasteiger partial charge >= 0.3 is 0 Å². The van der Waals surface area contributed by atoms with Gasteiger partial charge in [0, 0.05) is 10.8 Å². The highest BCUT2D eigenvalue weighted by Crippen LogP contribution is 2.38. The molecule has 0 amide bonds. The number of hydrogen-bond acceptors (Lipinski definition) is 2. The molecule has 1 aliphatic rings. The van der Waals surface area contributed by atoms with Crippen molar-refractivity contribution in [1.82, 2.24) is 5.32 Å². The van der Waals surface area contributed by atoms with E-state index in [9.17, 15) is 0 Å². The third kappa shape index (κ3) is 2.83. The highest BCUT2D eigenvalue weighted by Gasteiger charge is 2.26. The molecule has 1 rings (SSSR count). The maximum atomic E-state index is 3.21. The second kappa shape index (κ2) is 4.33. The first kappa shape index (κ1) is 10.1. The Morgan fingerprint density at radius 2 is 2.33 bits per heavy atom. The molecule has 12 heavy (non-hydrogen) atoms. The first-order chi connectivity index (χ1) is 5.66. The van der Waals surface area contributed by atoms with E-state index in [0.29, 0.717) is 10.8 Å². The van der Waals surface area contributed by atoms with E-state index in [1.54, 1.807) is 0 Å². The molecule has 1 heterocycles. The molecule has 0 aliphatic carbocycles. The van der Waals surface area contributed by atoms with Crippen molar-refractivity contribution >= 4 is 11.8 Å². The molecule has 2 heteroatoms. The molecular formula is C10H19NS. The van der Waals surface area contributed by atoms with Gasteiger partial charge in [0.2, 0.25) is 0 Å². The zero-order valence-corrected chi connectivity index (χ0v) is 9.08. The molecule has 1 aliphatic heterocycles. The van der Waals surface area contributed by atoms with Crippen LogP contribution in [0.25, 0.3) is 0 Å². The van der Waals surface area contributed by atoms with Crippen molar-refractivity contribution in [2.75, 3.05) is 12.8 Å². The third-order valence-corrected chi connectivity index (χ3v) is 3.93. The molecular weight excluding hydrogens is 166 g/mol. The maximum Gasteiger partial charge on any atom is 0.0311 e. The Morgan fingerprint density at radius 1 is 1.58 bits per heavy atom. The average Bonchev–Trinajstić information content (AvgIpc) is 2.49. The van der Waals surface area contributed by atoms with Gasteiger partial charge in [0.25, 0.3) is 0 Å². The largest absolute Gasteiger partial charge is 0.314 e. The van der Waals surface area contributed by atoms with Crippen LogP contribution in [-0.4, -0.2) is 23.6 Å². The number of nitrogens with one attached hydrogen (secondary N) is 1. The van der Waals surface area contributed by atoms with Gasteiger partial charge in [0.15, 0.2) is 0 Å². The van der Waals surface area contributed by atoms with E-state index in [4.69, 9.17) is 0 Å². The topological polar surface area (TPSA) is 12.0 Å². The first-order valence-electron chi connectivity index (χ1n) is 4.67. The second-order valence-corrected chi connectivity index (χ2v) is 5.33. The van der Waals surface area contributed by atoms with E-state index >= 15 is 0 Å². The SMILES string of the molecule is CNC(C)/C=C/C1(C)CCCS1. The quantitative estimate of drug-likeness (QED) is 0.678. The zero-order valence-electron chi connectivity index (χ0n) is 8.26. The van der Waals surface area contributed by atoms with Crippen LogP contribution in [0.2, 0.25) is 0 Å². The van der Waals surface area contributed by atoms with Gasteiger partial charge in [-0.05, 0) is 39.5 Å². The summed E-state index contributed by atoms with van der Waals surface area (Å²) in [7, 11) is 2.00. The summed E-state index contributed by atoms with van der Waals surface area (Å²) in [5.41, 5.74) is 0. The van der Waals surface area contributed by atoms with Crippen molar-refractivity contribution in [3.8, 4) is 0 Å². The van der Waals surface area contributed by atoms with Crippen LogP contribution in [-0.2, 0) is 0 Å². The molecule has 1 fully saturated rings. The number of hydrogen-bond donors (Lipinski definition) is 1. The van der Waals surface area contributed by atoms with Gasteiger partial charge in [-0.1, -0.05) is 12.2 Å². The van der Waals surface area contributed by atoms with Crippen molar-refractivity contribution in [3.05, 3.63) is 12.2 Å². The highest BCUT2D eigenvalue weighted by atomic mass is 32.2. The molecule has 0 saturated carbocycles. The van der Waals surface area contributed by atoms with Crippen LogP contribution in [0, 0.1) is 0 Å². The molecule has 0 aromatic heterocycles. The lowest BCUT2D eigenvalue weighted by molar-refractivity contribution is 0.694. The molecule has 0 radical (unpaired) electrons. The summed E-state index contributed by atoms with van der Waals surface area (Å²) < 4.78 is 0.422. The Morgan fingerprint density at radius 3 is 2.83 bits per heavy atom. The summed E-state index contributed by atoms with van der Waals surface area (Å²) in [6.45, 7) is 4.52. The van der Waals surface area contributed by atoms with Gasteiger partial charge in [-0.2, -0.15) is 11.8 Å². The third-order valence-electron chi connectivity index (χ3n) is 2.44. The van der Waals surface area contributed by atoms with Gasteiger partial charge in [0.05, 0.1) is 0 Å². The molecule has 1 N–H and O–H groups in total. The van der Waals surface area contributed by atoms with E-state index in [1.807, 2.05) is 7.05 Å². The Hall–Kier alpha value is 0.0500. The van der Waals surface area contributed by atoms with Crippen LogP contribution in [0.3, 0.4) is 0 Å². The summed E-state index contributed by atoms with van der Waals surface area (Å²) in [4.78, 5) is 0. The predicted octanol–water partition coefficient (Wildman–Crippen LogP) is 2.44. The van der Waals surface area contributed by atoms with Gasteiger partial charge < -0.3 is 5.32 Å². The Balaban J connectivity index is 2.42. The van der Waals surface area contributed by atoms with E-state index in [1.165, 1.54) is 18.6 Å². The Bertz CT molecular complexity index is 159. The van der Waals surface area contributed by atoms with Crippen LogP contribution in [0.1, 0.15) is 26.7 Å². The second-order valence-electron chi connectivity index (χ2n) is 3.70. The van der Waals surface area contributed by atoms with E-state index in [0.717, 1.165) is 0 Å². The fraction of sp³-hybridized carbons (Fsp3) is 0.800. The lowest BCUT2D eigenvalue weighted by Crippen LogP contribution is -2.20. The van der Waals surface area contributed by atoms with Crippen molar-refractivity contribution in [2.45, 2.75) is 37.5 Å². The maximum absolute atomic E-state index is 3.21. The van der Waals surface area contributed by atoms with Crippen LogP contribution >= 0.6 is 11.8 Å². The molecule has 2 atom stereocenters. The summed E-state index contributed by atoms with van der Waals surface area (Å²) >= 11 is 2.08. The van der Waals surface area contributed by atoms with E-state index < -0.39 is 0 Å². The first-order valence-corrected chi connectivity index (χ1v) is 5.65. The average molecular weight is 185 g/mol. The lowest BCUT2D eigenvalue weighted by Gasteiger charge is -2.17. The van der Waals surface area contributed by atoms with Crippen molar-refractivity contribution in [2.24, 2.45) is 0 Å². The summed E-state index contributed by atoms with van der Waals surface area (Å²) in [6, 6.07) is 0.503. The van der Waals surface area contributed by atoms with Crippen LogP contribution < -0.4 is 5.32 Å². The van der Waals surface area contributed by atoms with Crippen LogP contribution in [0.15, 0.2) is 12.2 Å². The number of rotatable bonds is 3. The molecule has 1 saturated heterocycles. The molecule has 0 spiro atoms. The molecule has 0 aromatic rings. The summed E-state index contributed by atoms with van der Waals surface area (Å²) in [5, 5.41) is 3.21. The summed E-state index contributed by atoms with van der Waals surface area (Å²) in [5.74, 6) is 1.33. The van der Waals surface area contributed by atoms with E-state index in [-0.39, 0.29) is 0 Å². The van der Waals surface area contributed by atoms with E-state index in [2.05, 4.69) is 43.1 Å². The van der Waals surface area contributed by atoms with Gasteiger partial charge in [0.1, 0.15) is 0 Å². The fourth-order valence-corrected chi connectivity index (χ4v) is 2.59. The molecule has 1 nitrogen and oxygen atoms in total. The normalized spacial score (nSPS) is 32.9. The van der Waals surface area contributed by atoms with Crippen LogP contribution in [0.5, 0.6) is 0 Å². The molecule has 2 unspecified atom stereocenters. The van der Waals surface area contributed by atoms with Crippen molar-refractivity contribution in [3.63, 3.8) is 0 Å². The van der Waals surface area contributed by atoms with Gasteiger partial charge in [-0.15, -0.1) is 0 Å². The lowest BCUT2D eigenvalue weighted by atomic mass is 10.0. The smallest absolute Gasteiger partial charge is 0.0311 e. The minimum atomic E-state index is 0.422. The zero-order chi connectivity index (χ0) is 9.03. The predicted molar refractivity (Wildman–Crippen MR) is 57.8 cm³/mol. The minimum Gasteiger partial charge on any atom is -0.314 e. The monoisotopic (exact) mass is 185 g/mol. The minimum absolute atomic E-state index is 0.422. The highest BCUT2D eigenvalue weighted by molar-refractivity contribution is 8.01. The number of likely N-dealkylation sites (N-methyl/N-ethyl adjacent to an activating group) is 1. The fourth-order valence-electron chi connectivity index (χ4n) is 1.38. The standard InChI is InChI=1S/C10H19NS/c1-9(11-3)5-7-10(2)6-4-8-12-10/h5,7,9,11H,4,6,8H2,1-3H3/b7-5+. The van der Waals surface area contributed by atoms with Crippen LogP contribution in [0.4, 0.5) is 0 Å². The number of thioether (sulfide) groups is 1. The summed E-state index contributed by atoms with van der Waals surface area (Å²) in [6.07, 6.45) is 7.36. The Kier molecular flexibility index (Phi) is 3.66. The van der Waals surface area contributed by atoms with Crippen molar-refractivity contribution < 1.29 is 0 Å². The van der Waals surface area contributed by atoms with Gasteiger partial charge in [-0.3, -0.25) is 0 Å². The molecule has 0 bridgehead atoms.